The fourth-order valence-corrected chi connectivity index (χ4v) is 1.53. The Labute approximate surface area is 102 Å². The molecular weight excluding hydrogens is 218 g/mol. The zero-order valence-electron chi connectivity index (χ0n) is 10.3. The Morgan fingerprint density at radius 3 is 2.29 bits per heavy atom. The summed E-state index contributed by atoms with van der Waals surface area (Å²) in [7, 11) is 0. The monoisotopic (exact) mass is 237 g/mol. The van der Waals surface area contributed by atoms with Crippen LogP contribution < -0.4 is 4.74 Å². The van der Waals surface area contributed by atoms with Crippen molar-refractivity contribution >= 4 is 5.97 Å². The van der Waals surface area contributed by atoms with E-state index in [0.717, 1.165) is 19.6 Å². The molecule has 0 saturated heterocycles. The lowest BCUT2D eigenvalue weighted by Crippen LogP contribution is -2.27. The predicted octanol–water partition coefficient (Wildman–Crippen LogP) is 2.11. The molecule has 0 fully saturated rings. The van der Waals surface area contributed by atoms with Gasteiger partial charge in [0.25, 0.3) is 0 Å². The van der Waals surface area contributed by atoms with Crippen LogP contribution in [-0.4, -0.2) is 42.2 Å². The van der Waals surface area contributed by atoms with E-state index >= 15 is 0 Å². The van der Waals surface area contributed by atoms with Gasteiger partial charge in [-0.3, -0.25) is 0 Å². The molecule has 0 saturated carbocycles. The van der Waals surface area contributed by atoms with E-state index in [1.54, 1.807) is 24.3 Å². The standard InChI is InChI=1S/C13H19NO3/c1-3-14(4-2)9-10-17-12-7-5-11(6-8-12)13(15)16/h5-8H,3-4,9-10H2,1-2H3,(H,15,16). The van der Waals surface area contributed by atoms with Crippen LogP contribution in [0.2, 0.25) is 0 Å². The maximum absolute atomic E-state index is 10.6. The normalized spacial score (nSPS) is 10.5. The summed E-state index contributed by atoms with van der Waals surface area (Å²) in [6, 6.07) is 6.47. The van der Waals surface area contributed by atoms with Gasteiger partial charge in [0.15, 0.2) is 0 Å². The molecule has 0 spiro atoms. The average molecular weight is 237 g/mol. The molecule has 0 unspecified atom stereocenters. The quantitative estimate of drug-likeness (QED) is 0.789. The van der Waals surface area contributed by atoms with E-state index < -0.39 is 5.97 Å². The Bertz CT molecular complexity index is 344. The number of nitrogens with zero attached hydrogens (tertiary/aromatic N) is 1. The van der Waals surface area contributed by atoms with Crippen molar-refractivity contribution in [2.75, 3.05) is 26.2 Å². The van der Waals surface area contributed by atoms with E-state index in [0.29, 0.717) is 12.4 Å². The summed E-state index contributed by atoms with van der Waals surface area (Å²) < 4.78 is 5.54. The van der Waals surface area contributed by atoms with Crippen LogP contribution >= 0.6 is 0 Å². The van der Waals surface area contributed by atoms with Crippen LogP contribution in [-0.2, 0) is 0 Å². The molecule has 0 aliphatic heterocycles. The van der Waals surface area contributed by atoms with Crippen molar-refractivity contribution in [1.82, 2.24) is 4.90 Å². The molecule has 1 aromatic carbocycles. The van der Waals surface area contributed by atoms with Crippen molar-refractivity contribution < 1.29 is 14.6 Å². The summed E-state index contributed by atoms with van der Waals surface area (Å²) in [6.07, 6.45) is 0. The van der Waals surface area contributed by atoms with Crippen LogP contribution in [0.4, 0.5) is 0 Å². The van der Waals surface area contributed by atoms with Crippen LogP contribution in [0.15, 0.2) is 24.3 Å². The van der Waals surface area contributed by atoms with Crippen molar-refractivity contribution in [2.24, 2.45) is 0 Å². The highest BCUT2D eigenvalue weighted by Crippen LogP contribution is 2.12. The number of rotatable bonds is 7. The van der Waals surface area contributed by atoms with Crippen molar-refractivity contribution in [3.63, 3.8) is 0 Å². The molecule has 0 amide bonds. The SMILES string of the molecule is CCN(CC)CCOc1ccc(C(=O)O)cc1. The second kappa shape index (κ2) is 6.91. The molecule has 1 N–H and O–H groups in total. The minimum atomic E-state index is -0.917. The molecule has 94 valence electrons. The molecular formula is C13H19NO3. The molecule has 0 bridgehead atoms. The Kier molecular flexibility index (Phi) is 5.49. The Morgan fingerprint density at radius 1 is 1.24 bits per heavy atom. The van der Waals surface area contributed by atoms with E-state index in [9.17, 15) is 4.79 Å². The molecule has 4 nitrogen and oxygen atoms in total. The Balaban J connectivity index is 2.39. The Hall–Kier alpha value is -1.55. The highest BCUT2D eigenvalue weighted by Gasteiger charge is 2.03. The highest BCUT2D eigenvalue weighted by molar-refractivity contribution is 5.87. The number of carboxylic acid groups (broad SMARTS) is 1. The lowest BCUT2D eigenvalue weighted by atomic mass is 10.2. The summed E-state index contributed by atoms with van der Waals surface area (Å²) in [6.45, 7) is 7.76. The van der Waals surface area contributed by atoms with Gasteiger partial charge >= 0.3 is 5.97 Å². The Morgan fingerprint density at radius 2 is 1.82 bits per heavy atom. The summed E-state index contributed by atoms with van der Waals surface area (Å²) in [5.41, 5.74) is 0.279. The van der Waals surface area contributed by atoms with Crippen LogP contribution in [0.3, 0.4) is 0 Å². The van der Waals surface area contributed by atoms with Crippen LogP contribution in [0, 0.1) is 0 Å². The third-order valence-corrected chi connectivity index (χ3v) is 2.67. The molecule has 0 atom stereocenters. The van der Waals surface area contributed by atoms with E-state index in [1.807, 2.05) is 0 Å². The van der Waals surface area contributed by atoms with E-state index in [1.165, 1.54) is 0 Å². The molecule has 1 aromatic rings. The van der Waals surface area contributed by atoms with Gasteiger partial charge < -0.3 is 14.7 Å². The molecule has 0 aliphatic carbocycles. The van der Waals surface area contributed by atoms with Gasteiger partial charge in [0, 0.05) is 6.54 Å². The van der Waals surface area contributed by atoms with Gasteiger partial charge in [0.05, 0.1) is 5.56 Å². The van der Waals surface area contributed by atoms with Crippen molar-refractivity contribution in [3.8, 4) is 5.75 Å². The number of aromatic carboxylic acids is 1. The molecule has 0 aliphatic rings. The third-order valence-electron chi connectivity index (χ3n) is 2.67. The van der Waals surface area contributed by atoms with E-state index in [2.05, 4.69) is 18.7 Å². The molecule has 0 heterocycles. The average Bonchev–Trinajstić information content (AvgIpc) is 2.35. The summed E-state index contributed by atoms with van der Waals surface area (Å²) in [5.74, 6) is -0.207. The number of likely N-dealkylation sites (N-methyl/N-ethyl adjacent to an activating group) is 1. The van der Waals surface area contributed by atoms with Crippen molar-refractivity contribution in [3.05, 3.63) is 29.8 Å². The highest BCUT2D eigenvalue weighted by atomic mass is 16.5. The minimum Gasteiger partial charge on any atom is -0.492 e. The summed E-state index contributed by atoms with van der Waals surface area (Å²) in [4.78, 5) is 12.9. The summed E-state index contributed by atoms with van der Waals surface area (Å²) >= 11 is 0. The maximum atomic E-state index is 10.6. The van der Waals surface area contributed by atoms with Crippen LogP contribution in [0.1, 0.15) is 24.2 Å². The fraction of sp³-hybridized carbons (Fsp3) is 0.462. The predicted molar refractivity (Wildman–Crippen MR) is 66.7 cm³/mol. The molecule has 17 heavy (non-hydrogen) atoms. The second-order valence-corrected chi connectivity index (χ2v) is 3.70. The van der Waals surface area contributed by atoms with Gasteiger partial charge in [0.2, 0.25) is 0 Å². The van der Waals surface area contributed by atoms with Crippen molar-refractivity contribution in [1.29, 1.82) is 0 Å². The van der Waals surface area contributed by atoms with E-state index in [4.69, 9.17) is 9.84 Å². The third kappa shape index (κ3) is 4.44. The first-order valence-corrected chi connectivity index (χ1v) is 5.85. The first kappa shape index (κ1) is 13.5. The number of hydrogen-bond donors (Lipinski definition) is 1. The van der Waals surface area contributed by atoms with Crippen molar-refractivity contribution in [2.45, 2.75) is 13.8 Å². The maximum Gasteiger partial charge on any atom is 0.335 e. The number of hydrogen-bond acceptors (Lipinski definition) is 3. The fourth-order valence-electron chi connectivity index (χ4n) is 1.53. The largest absolute Gasteiger partial charge is 0.492 e. The topological polar surface area (TPSA) is 49.8 Å². The zero-order valence-corrected chi connectivity index (χ0v) is 10.3. The number of carboxylic acids is 1. The number of carbonyl (C=O) groups is 1. The number of benzene rings is 1. The summed E-state index contributed by atoms with van der Waals surface area (Å²) in [5, 5.41) is 8.74. The first-order chi connectivity index (χ1) is 8.17. The smallest absolute Gasteiger partial charge is 0.335 e. The van der Waals surface area contributed by atoms with Gasteiger partial charge in [-0.05, 0) is 37.4 Å². The molecule has 1 rings (SSSR count). The van der Waals surface area contributed by atoms with E-state index in [-0.39, 0.29) is 5.56 Å². The van der Waals surface area contributed by atoms with Gasteiger partial charge in [-0.15, -0.1) is 0 Å². The number of ether oxygens (including phenoxy) is 1. The lowest BCUT2D eigenvalue weighted by Gasteiger charge is -2.17. The van der Waals surface area contributed by atoms with Gasteiger partial charge in [-0.1, -0.05) is 13.8 Å². The second-order valence-electron chi connectivity index (χ2n) is 3.70. The van der Waals surface area contributed by atoms with Gasteiger partial charge in [-0.25, -0.2) is 4.79 Å². The molecule has 4 heteroatoms. The van der Waals surface area contributed by atoms with Crippen LogP contribution in [0.25, 0.3) is 0 Å². The molecule has 0 aromatic heterocycles. The zero-order chi connectivity index (χ0) is 12.7. The lowest BCUT2D eigenvalue weighted by molar-refractivity contribution is 0.0697. The van der Waals surface area contributed by atoms with Gasteiger partial charge in [-0.2, -0.15) is 0 Å². The van der Waals surface area contributed by atoms with Crippen LogP contribution in [0.5, 0.6) is 5.75 Å². The minimum absolute atomic E-state index is 0.279. The molecule has 0 radical (unpaired) electrons. The van der Waals surface area contributed by atoms with Gasteiger partial charge in [0.1, 0.15) is 12.4 Å². The first-order valence-electron chi connectivity index (χ1n) is 5.85.